The highest BCUT2D eigenvalue weighted by atomic mass is 16.3. The third-order valence-corrected chi connectivity index (χ3v) is 4.53. The molecule has 2 aromatic rings. The van der Waals surface area contributed by atoms with E-state index in [1.54, 1.807) is 0 Å². The molecule has 0 spiro atoms. The maximum Gasteiger partial charge on any atom is 0.315 e. The lowest BCUT2D eigenvalue weighted by atomic mass is 10.1. The molecule has 25 heavy (non-hydrogen) atoms. The summed E-state index contributed by atoms with van der Waals surface area (Å²) in [5.74, 6) is 0. The summed E-state index contributed by atoms with van der Waals surface area (Å²) >= 11 is 0. The number of aliphatic hydroxyl groups is 1. The summed E-state index contributed by atoms with van der Waals surface area (Å²) < 4.78 is 0. The minimum atomic E-state index is -0.331. The highest BCUT2D eigenvalue weighted by Crippen LogP contribution is 2.20. The molecule has 1 fully saturated rings. The van der Waals surface area contributed by atoms with E-state index >= 15 is 0 Å². The van der Waals surface area contributed by atoms with Crippen LogP contribution in [0.4, 0.5) is 4.79 Å². The van der Waals surface area contributed by atoms with Crippen LogP contribution >= 0.6 is 0 Å². The fourth-order valence-electron chi connectivity index (χ4n) is 3.23. The first-order chi connectivity index (χ1) is 12.2. The third-order valence-electron chi connectivity index (χ3n) is 4.53. The number of carbonyl (C=O) groups excluding carboxylic acids is 1. The van der Waals surface area contributed by atoms with Crippen LogP contribution in [0.15, 0.2) is 60.7 Å². The van der Waals surface area contributed by atoms with Crippen LogP contribution in [-0.2, 0) is 13.1 Å². The molecule has 1 aliphatic heterocycles. The van der Waals surface area contributed by atoms with Gasteiger partial charge in [-0.2, -0.15) is 0 Å². The van der Waals surface area contributed by atoms with Crippen LogP contribution in [0.25, 0.3) is 0 Å². The third kappa shape index (κ3) is 5.31. The average Bonchev–Trinajstić information content (AvgIpc) is 2.99. The quantitative estimate of drug-likeness (QED) is 0.755. The first-order valence-electron chi connectivity index (χ1n) is 8.72. The second kappa shape index (κ2) is 8.65. The van der Waals surface area contributed by atoms with Crippen molar-refractivity contribution in [2.45, 2.75) is 31.7 Å². The molecule has 1 aliphatic rings. The van der Waals surface area contributed by atoms with E-state index in [0.29, 0.717) is 26.1 Å². The number of benzene rings is 2. The molecule has 2 unspecified atom stereocenters. The van der Waals surface area contributed by atoms with Gasteiger partial charge in [0.25, 0.3) is 0 Å². The number of rotatable bonds is 6. The Morgan fingerprint density at radius 3 is 2.32 bits per heavy atom. The van der Waals surface area contributed by atoms with Gasteiger partial charge < -0.3 is 15.7 Å². The molecule has 1 saturated heterocycles. The van der Waals surface area contributed by atoms with Crippen molar-refractivity contribution >= 4 is 6.03 Å². The Hall–Kier alpha value is -2.37. The van der Waals surface area contributed by atoms with E-state index in [1.807, 2.05) is 48.5 Å². The molecule has 2 aromatic carbocycles. The lowest BCUT2D eigenvalue weighted by molar-refractivity contribution is 0.172. The molecule has 3 rings (SSSR count). The Bertz CT molecular complexity index is 663. The standard InChI is InChI=1S/C20H25N3O2/c24-19-11-18(23(15-19)14-17-9-5-2-6-10-17)13-22-20(25)21-12-16-7-3-1-4-8-16/h1-10,18-19,24H,11-15H2,(H2,21,22,25). The van der Waals surface area contributed by atoms with Gasteiger partial charge in [0.1, 0.15) is 0 Å². The molecule has 5 nitrogen and oxygen atoms in total. The van der Waals surface area contributed by atoms with Crippen LogP contribution in [0.5, 0.6) is 0 Å². The monoisotopic (exact) mass is 339 g/mol. The minimum absolute atomic E-state index is 0.151. The number of likely N-dealkylation sites (tertiary alicyclic amines) is 1. The van der Waals surface area contributed by atoms with E-state index in [9.17, 15) is 9.90 Å². The fraction of sp³-hybridized carbons (Fsp3) is 0.350. The number of hydrogen-bond acceptors (Lipinski definition) is 3. The average molecular weight is 339 g/mol. The zero-order chi connectivity index (χ0) is 17.5. The molecular weight excluding hydrogens is 314 g/mol. The van der Waals surface area contributed by atoms with Gasteiger partial charge in [0.15, 0.2) is 0 Å². The Morgan fingerprint density at radius 1 is 1.00 bits per heavy atom. The zero-order valence-electron chi connectivity index (χ0n) is 14.3. The van der Waals surface area contributed by atoms with Crippen molar-refractivity contribution < 1.29 is 9.90 Å². The molecular formula is C20H25N3O2. The van der Waals surface area contributed by atoms with E-state index in [2.05, 4.69) is 27.7 Å². The Balaban J connectivity index is 1.46. The van der Waals surface area contributed by atoms with Crippen LogP contribution < -0.4 is 10.6 Å². The highest BCUT2D eigenvalue weighted by Gasteiger charge is 2.30. The van der Waals surface area contributed by atoms with Gasteiger partial charge in [-0.05, 0) is 17.5 Å². The fourth-order valence-corrected chi connectivity index (χ4v) is 3.23. The topological polar surface area (TPSA) is 64.6 Å². The predicted molar refractivity (Wildman–Crippen MR) is 97.9 cm³/mol. The largest absolute Gasteiger partial charge is 0.392 e. The van der Waals surface area contributed by atoms with Gasteiger partial charge in [-0.25, -0.2) is 4.79 Å². The smallest absolute Gasteiger partial charge is 0.315 e. The summed E-state index contributed by atoms with van der Waals surface area (Å²) in [6, 6.07) is 20.0. The second-order valence-corrected chi connectivity index (χ2v) is 6.51. The molecule has 1 heterocycles. The predicted octanol–water partition coefficient (Wildman–Crippen LogP) is 2.12. The van der Waals surface area contributed by atoms with Crippen molar-refractivity contribution in [3.63, 3.8) is 0 Å². The number of aliphatic hydroxyl groups excluding tert-OH is 1. The summed E-state index contributed by atoms with van der Waals surface area (Å²) in [4.78, 5) is 14.2. The summed E-state index contributed by atoms with van der Waals surface area (Å²) in [7, 11) is 0. The van der Waals surface area contributed by atoms with Crippen LogP contribution in [0, 0.1) is 0 Å². The minimum Gasteiger partial charge on any atom is -0.392 e. The number of nitrogens with zero attached hydrogens (tertiary/aromatic N) is 1. The van der Waals surface area contributed by atoms with Gasteiger partial charge in [0.05, 0.1) is 6.10 Å². The molecule has 2 atom stereocenters. The number of carbonyl (C=O) groups is 1. The van der Waals surface area contributed by atoms with Crippen LogP contribution in [0.3, 0.4) is 0 Å². The second-order valence-electron chi connectivity index (χ2n) is 6.51. The Morgan fingerprint density at radius 2 is 1.64 bits per heavy atom. The van der Waals surface area contributed by atoms with Crippen molar-refractivity contribution in [2.75, 3.05) is 13.1 Å². The van der Waals surface area contributed by atoms with Crippen molar-refractivity contribution in [3.05, 3.63) is 71.8 Å². The normalized spacial score (nSPS) is 20.4. The zero-order valence-corrected chi connectivity index (χ0v) is 14.3. The van der Waals surface area contributed by atoms with E-state index in [-0.39, 0.29) is 18.2 Å². The lowest BCUT2D eigenvalue weighted by Gasteiger charge is -2.24. The molecule has 132 valence electrons. The van der Waals surface area contributed by atoms with E-state index in [0.717, 1.165) is 12.1 Å². The number of urea groups is 1. The van der Waals surface area contributed by atoms with E-state index in [1.165, 1.54) is 5.56 Å². The molecule has 0 radical (unpaired) electrons. The number of nitrogens with one attached hydrogen (secondary N) is 2. The van der Waals surface area contributed by atoms with E-state index in [4.69, 9.17) is 0 Å². The van der Waals surface area contributed by atoms with Crippen LogP contribution in [0.1, 0.15) is 17.5 Å². The summed E-state index contributed by atoms with van der Waals surface area (Å²) in [6.07, 6.45) is 0.356. The number of amides is 2. The van der Waals surface area contributed by atoms with Crippen molar-refractivity contribution in [2.24, 2.45) is 0 Å². The molecule has 0 aliphatic carbocycles. The van der Waals surface area contributed by atoms with Gasteiger partial charge >= 0.3 is 6.03 Å². The van der Waals surface area contributed by atoms with Crippen LogP contribution in [0.2, 0.25) is 0 Å². The molecule has 0 bridgehead atoms. The first-order valence-corrected chi connectivity index (χ1v) is 8.72. The van der Waals surface area contributed by atoms with Crippen molar-refractivity contribution in [1.29, 1.82) is 0 Å². The number of hydrogen-bond donors (Lipinski definition) is 3. The number of β-amino-alcohol motifs (C(OH)–C–C–N with tert-alkyl or cyclic N) is 1. The highest BCUT2D eigenvalue weighted by molar-refractivity contribution is 5.73. The van der Waals surface area contributed by atoms with Gasteiger partial charge in [0, 0.05) is 32.2 Å². The SMILES string of the molecule is O=C(NCc1ccccc1)NCC1CC(O)CN1Cc1ccccc1. The summed E-state index contributed by atoms with van der Waals surface area (Å²) in [5, 5.41) is 15.8. The Labute approximate surface area is 148 Å². The van der Waals surface area contributed by atoms with Gasteiger partial charge in [-0.3, -0.25) is 4.90 Å². The van der Waals surface area contributed by atoms with Gasteiger partial charge in [0.2, 0.25) is 0 Å². The van der Waals surface area contributed by atoms with Gasteiger partial charge in [-0.1, -0.05) is 60.7 Å². The molecule has 0 aromatic heterocycles. The van der Waals surface area contributed by atoms with Crippen molar-refractivity contribution in [3.8, 4) is 0 Å². The lowest BCUT2D eigenvalue weighted by Crippen LogP contribution is -2.43. The molecule has 2 amide bonds. The molecule has 5 heteroatoms. The maximum absolute atomic E-state index is 12.0. The summed E-state index contributed by atoms with van der Waals surface area (Å²) in [5.41, 5.74) is 2.29. The van der Waals surface area contributed by atoms with Gasteiger partial charge in [-0.15, -0.1) is 0 Å². The van der Waals surface area contributed by atoms with Crippen LogP contribution in [-0.4, -0.2) is 41.3 Å². The molecule has 0 saturated carbocycles. The van der Waals surface area contributed by atoms with Crippen molar-refractivity contribution in [1.82, 2.24) is 15.5 Å². The first kappa shape index (κ1) is 17.5. The van der Waals surface area contributed by atoms with E-state index < -0.39 is 0 Å². The summed E-state index contributed by atoms with van der Waals surface area (Å²) in [6.45, 7) is 2.47. The Kier molecular flexibility index (Phi) is 6.04. The molecule has 3 N–H and O–H groups in total. The maximum atomic E-state index is 12.0.